The number of halogens is 3. The standard InChI is InChI=1S/C20H21ClF2N2O/c1-24(11-14-5-2-3-7-18(14)22)20(26)13-25(15-9-10-15)12-16-17(21)6-4-8-19(16)23/h2-8,15H,9-13H2,1H3. The molecule has 0 radical (unpaired) electrons. The fraction of sp³-hybridized carbons (Fsp3) is 0.350. The van der Waals surface area contributed by atoms with Crippen LogP contribution in [-0.2, 0) is 17.9 Å². The van der Waals surface area contributed by atoms with Crippen LogP contribution < -0.4 is 0 Å². The van der Waals surface area contributed by atoms with Gasteiger partial charge in [-0.3, -0.25) is 9.69 Å². The van der Waals surface area contributed by atoms with Crippen molar-refractivity contribution in [2.45, 2.75) is 32.0 Å². The van der Waals surface area contributed by atoms with E-state index in [-0.39, 0.29) is 43.2 Å². The predicted molar refractivity (Wildman–Crippen MR) is 97.7 cm³/mol. The summed E-state index contributed by atoms with van der Waals surface area (Å²) in [6, 6.07) is 11.3. The Morgan fingerprint density at radius 1 is 1.08 bits per heavy atom. The second-order valence-electron chi connectivity index (χ2n) is 6.68. The summed E-state index contributed by atoms with van der Waals surface area (Å²) >= 11 is 6.12. The maximum Gasteiger partial charge on any atom is 0.236 e. The van der Waals surface area contributed by atoms with Crippen molar-refractivity contribution < 1.29 is 13.6 Å². The van der Waals surface area contributed by atoms with Gasteiger partial charge in [0.15, 0.2) is 0 Å². The summed E-state index contributed by atoms with van der Waals surface area (Å²) in [4.78, 5) is 16.0. The van der Waals surface area contributed by atoms with Gasteiger partial charge in [0.2, 0.25) is 5.91 Å². The highest BCUT2D eigenvalue weighted by Gasteiger charge is 2.32. The van der Waals surface area contributed by atoms with Crippen molar-refractivity contribution in [1.29, 1.82) is 0 Å². The third kappa shape index (κ3) is 4.59. The highest BCUT2D eigenvalue weighted by Crippen LogP contribution is 2.30. The van der Waals surface area contributed by atoms with Crippen LogP contribution in [0.25, 0.3) is 0 Å². The Bertz CT molecular complexity index is 775. The van der Waals surface area contributed by atoms with Crippen molar-refractivity contribution in [2.75, 3.05) is 13.6 Å². The Balaban J connectivity index is 1.66. The van der Waals surface area contributed by atoms with Gasteiger partial charge in [-0.15, -0.1) is 0 Å². The van der Waals surface area contributed by atoms with E-state index in [9.17, 15) is 13.6 Å². The topological polar surface area (TPSA) is 23.6 Å². The molecule has 0 atom stereocenters. The average molecular weight is 379 g/mol. The van der Waals surface area contributed by atoms with Gasteiger partial charge in [0.25, 0.3) is 0 Å². The van der Waals surface area contributed by atoms with Gasteiger partial charge in [0, 0.05) is 42.3 Å². The minimum Gasteiger partial charge on any atom is -0.340 e. The van der Waals surface area contributed by atoms with Gasteiger partial charge in [-0.1, -0.05) is 35.9 Å². The Morgan fingerprint density at radius 3 is 2.42 bits per heavy atom. The summed E-state index contributed by atoms with van der Waals surface area (Å²) in [5.74, 6) is -0.827. The molecule has 138 valence electrons. The summed E-state index contributed by atoms with van der Waals surface area (Å²) in [6.45, 7) is 0.639. The molecule has 0 heterocycles. The van der Waals surface area contributed by atoms with Crippen LogP contribution in [0.2, 0.25) is 5.02 Å². The molecule has 0 aliphatic heterocycles. The molecule has 0 aromatic heterocycles. The summed E-state index contributed by atoms with van der Waals surface area (Å²) < 4.78 is 27.9. The van der Waals surface area contributed by atoms with Gasteiger partial charge in [-0.05, 0) is 31.0 Å². The van der Waals surface area contributed by atoms with E-state index in [1.165, 1.54) is 17.0 Å². The van der Waals surface area contributed by atoms with Crippen molar-refractivity contribution in [2.24, 2.45) is 0 Å². The van der Waals surface area contributed by atoms with Gasteiger partial charge in [0.1, 0.15) is 11.6 Å². The minimum absolute atomic E-state index is 0.132. The van der Waals surface area contributed by atoms with Crippen LogP contribution in [0, 0.1) is 11.6 Å². The number of hydrogen-bond donors (Lipinski definition) is 0. The van der Waals surface area contributed by atoms with E-state index in [1.807, 2.05) is 4.90 Å². The number of likely N-dealkylation sites (N-methyl/N-ethyl adjacent to an activating group) is 1. The summed E-state index contributed by atoms with van der Waals surface area (Å²) in [5, 5.41) is 0.364. The molecule has 1 fully saturated rings. The highest BCUT2D eigenvalue weighted by molar-refractivity contribution is 6.31. The Morgan fingerprint density at radius 2 is 1.77 bits per heavy atom. The van der Waals surface area contributed by atoms with Gasteiger partial charge in [-0.2, -0.15) is 0 Å². The molecule has 0 N–H and O–H groups in total. The maximum absolute atomic E-state index is 14.1. The first-order valence-corrected chi connectivity index (χ1v) is 8.98. The first kappa shape index (κ1) is 18.8. The first-order valence-electron chi connectivity index (χ1n) is 8.60. The summed E-state index contributed by atoms with van der Waals surface area (Å²) in [5.41, 5.74) is 0.879. The van der Waals surface area contributed by atoms with Crippen LogP contribution >= 0.6 is 11.6 Å². The normalized spacial score (nSPS) is 13.9. The highest BCUT2D eigenvalue weighted by atomic mass is 35.5. The molecule has 2 aromatic rings. The third-order valence-corrected chi connectivity index (χ3v) is 4.97. The Hall–Kier alpha value is -1.98. The second kappa shape index (κ2) is 8.14. The molecule has 1 aliphatic rings. The van der Waals surface area contributed by atoms with Crippen molar-refractivity contribution in [1.82, 2.24) is 9.80 Å². The largest absolute Gasteiger partial charge is 0.340 e. The summed E-state index contributed by atoms with van der Waals surface area (Å²) in [6.07, 6.45) is 1.97. The molecule has 0 spiro atoms. The molecule has 0 saturated heterocycles. The van der Waals surface area contributed by atoms with Crippen molar-refractivity contribution in [3.8, 4) is 0 Å². The maximum atomic E-state index is 14.1. The Labute approximate surface area is 157 Å². The van der Waals surface area contributed by atoms with Crippen LogP contribution in [0.3, 0.4) is 0 Å². The minimum atomic E-state index is -0.365. The van der Waals surface area contributed by atoms with Crippen LogP contribution in [0.15, 0.2) is 42.5 Å². The fourth-order valence-electron chi connectivity index (χ4n) is 2.91. The molecular formula is C20H21ClF2N2O. The first-order chi connectivity index (χ1) is 12.5. The van der Waals surface area contributed by atoms with Crippen molar-refractivity contribution in [3.63, 3.8) is 0 Å². The smallest absolute Gasteiger partial charge is 0.236 e. The quantitative estimate of drug-likeness (QED) is 0.719. The van der Waals surface area contributed by atoms with E-state index in [0.29, 0.717) is 16.1 Å². The van der Waals surface area contributed by atoms with Gasteiger partial charge in [0.05, 0.1) is 6.54 Å². The molecule has 1 amide bonds. The van der Waals surface area contributed by atoms with Crippen LogP contribution in [0.1, 0.15) is 24.0 Å². The molecule has 2 aromatic carbocycles. The zero-order chi connectivity index (χ0) is 18.7. The van der Waals surface area contributed by atoms with E-state index in [2.05, 4.69) is 0 Å². The predicted octanol–water partition coefficient (Wildman–Crippen LogP) is 4.24. The lowest BCUT2D eigenvalue weighted by atomic mass is 10.2. The lowest BCUT2D eigenvalue weighted by Crippen LogP contribution is -2.39. The molecule has 6 heteroatoms. The van der Waals surface area contributed by atoms with Crippen LogP contribution in [-0.4, -0.2) is 35.3 Å². The molecule has 0 bridgehead atoms. The zero-order valence-corrected chi connectivity index (χ0v) is 15.3. The molecule has 3 rings (SSSR count). The molecule has 1 aliphatic carbocycles. The lowest BCUT2D eigenvalue weighted by Gasteiger charge is -2.25. The number of carbonyl (C=O) groups is 1. The number of hydrogen-bond acceptors (Lipinski definition) is 2. The number of benzene rings is 2. The van der Waals surface area contributed by atoms with Crippen molar-refractivity contribution in [3.05, 3.63) is 70.2 Å². The van der Waals surface area contributed by atoms with E-state index < -0.39 is 0 Å². The number of rotatable bonds is 7. The van der Waals surface area contributed by atoms with E-state index >= 15 is 0 Å². The Kier molecular flexibility index (Phi) is 5.89. The molecule has 0 unspecified atom stereocenters. The number of amides is 1. The number of nitrogens with zero attached hydrogens (tertiary/aromatic N) is 2. The summed E-state index contributed by atoms with van der Waals surface area (Å²) in [7, 11) is 1.65. The van der Waals surface area contributed by atoms with Gasteiger partial charge in [-0.25, -0.2) is 8.78 Å². The fourth-order valence-corrected chi connectivity index (χ4v) is 3.13. The van der Waals surface area contributed by atoms with E-state index in [4.69, 9.17) is 11.6 Å². The molecule has 3 nitrogen and oxygen atoms in total. The lowest BCUT2D eigenvalue weighted by molar-refractivity contribution is -0.132. The zero-order valence-electron chi connectivity index (χ0n) is 14.6. The van der Waals surface area contributed by atoms with Crippen LogP contribution in [0.5, 0.6) is 0 Å². The van der Waals surface area contributed by atoms with E-state index in [1.54, 1.807) is 37.4 Å². The van der Waals surface area contributed by atoms with Gasteiger partial charge < -0.3 is 4.90 Å². The monoisotopic (exact) mass is 378 g/mol. The SMILES string of the molecule is CN(Cc1ccccc1F)C(=O)CN(Cc1c(F)cccc1Cl)C1CC1. The van der Waals surface area contributed by atoms with Crippen LogP contribution in [0.4, 0.5) is 8.78 Å². The number of carbonyl (C=O) groups excluding carboxylic acids is 1. The van der Waals surface area contributed by atoms with Crippen molar-refractivity contribution >= 4 is 17.5 Å². The van der Waals surface area contributed by atoms with Gasteiger partial charge >= 0.3 is 0 Å². The molecule has 26 heavy (non-hydrogen) atoms. The third-order valence-electron chi connectivity index (χ3n) is 4.62. The van der Waals surface area contributed by atoms with E-state index in [0.717, 1.165) is 12.8 Å². The molecule has 1 saturated carbocycles. The average Bonchev–Trinajstić information content (AvgIpc) is 3.44. The molecular weight excluding hydrogens is 358 g/mol. The second-order valence-corrected chi connectivity index (χ2v) is 7.08.